The molecule has 0 bridgehead atoms. The van der Waals surface area contributed by atoms with Gasteiger partial charge in [-0.1, -0.05) is 12.1 Å². The van der Waals surface area contributed by atoms with Crippen molar-refractivity contribution in [1.29, 1.82) is 0 Å². The number of aryl methyl sites for hydroxylation is 1. The zero-order chi connectivity index (χ0) is 12.7. The van der Waals surface area contributed by atoms with E-state index in [1.807, 2.05) is 38.1 Å². The first-order valence-corrected chi connectivity index (χ1v) is 5.73. The lowest BCUT2D eigenvalue weighted by atomic mass is 10.2. The van der Waals surface area contributed by atoms with Crippen LogP contribution in [0.25, 0.3) is 0 Å². The van der Waals surface area contributed by atoms with Gasteiger partial charge in [-0.3, -0.25) is 4.79 Å². The first kappa shape index (κ1) is 13.5. The molecule has 1 rings (SSSR count). The Hall–Kier alpha value is -1.55. The van der Waals surface area contributed by atoms with Gasteiger partial charge in [-0.2, -0.15) is 0 Å². The van der Waals surface area contributed by atoms with Gasteiger partial charge in [0.15, 0.2) is 0 Å². The molecule has 0 saturated heterocycles. The summed E-state index contributed by atoms with van der Waals surface area (Å²) in [5.41, 5.74) is 2.13. The molecule has 2 N–H and O–H groups in total. The Labute approximate surface area is 102 Å². The predicted molar refractivity (Wildman–Crippen MR) is 69.1 cm³/mol. The van der Waals surface area contributed by atoms with Gasteiger partial charge < -0.3 is 15.4 Å². The summed E-state index contributed by atoms with van der Waals surface area (Å²) in [6.07, 6.45) is 0. The van der Waals surface area contributed by atoms with Crippen molar-refractivity contribution in [3.05, 3.63) is 29.8 Å². The molecule has 0 fully saturated rings. The van der Waals surface area contributed by atoms with E-state index in [4.69, 9.17) is 4.74 Å². The summed E-state index contributed by atoms with van der Waals surface area (Å²) in [6, 6.07) is 7.70. The van der Waals surface area contributed by atoms with Crippen LogP contribution in [0.1, 0.15) is 12.5 Å². The summed E-state index contributed by atoms with van der Waals surface area (Å²) >= 11 is 0. The summed E-state index contributed by atoms with van der Waals surface area (Å²) in [7, 11) is 1.61. The summed E-state index contributed by atoms with van der Waals surface area (Å²) in [4.78, 5) is 11.7. The van der Waals surface area contributed by atoms with Gasteiger partial charge in [0.1, 0.15) is 6.04 Å². The van der Waals surface area contributed by atoms with Gasteiger partial charge in [0.2, 0.25) is 5.91 Å². The predicted octanol–water partition coefficient (Wildman–Crippen LogP) is 1.56. The van der Waals surface area contributed by atoms with E-state index in [0.717, 1.165) is 5.69 Å². The van der Waals surface area contributed by atoms with Crippen molar-refractivity contribution >= 4 is 11.6 Å². The smallest absolute Gasteiger partial charge is 0.242 e. The number of ether oxygens (including phenoxy) is 1. The molecule has 0 aliphatic rings. The van der Waals surface area contributed by atoms with Gasteiger partial charge in [-0.15, -0.1) is 0 Å². The van der Waals surface area contributed by atoms with Gasteiger partial charge in [-0.05, 0) is 31.5 Å². The fraction of sp³-hybridized carbons (Fsp3) is 0.462. The molecule has 94 valence electrons. The van der Waals surface area contributed by atoms with Crippen LogP contribution in [0.2, 0.25) is 0 Å². The largest absolute Gasteiger partial charge is 0.383 e. The van der Waals surface area contributed by atoms with E-state index < -0.39 is 0 Å². The van der Waals surface area contributed by atoms with Crippen LogP contribution >= 0.6 is 0 Å². The third-order valence-electron chi connectivity index (χ3n) is 2.40. The van der Waals surface area contributed by atoms with Crippen LogP contribution in [-0.2, 0) is 9.53 Å². The van der Waals surface area contributed by atoms with Crippen molar-refractivity contribution in [2.45, 2.75) is 19.9 Å². The first-order chi connectivity index (χ1) is 8.13. The van der Waals surface area contributed by atoms with Crippen LogP contribution in [0.5, 0.6) is 0 Å². The number of hydrogen-bond acceptors (Lipinski definition) is 3. The topological polar surface area (TPSA) is 50.4 Å². The molecule has 1 atom stereocenters. The summed E-state index contributed by atoms with van der Waals surface area (Å²) in [6.45, 7) is 4.93. The van der Waals surface area contributed by atoms with Crippen molar-refractivity contribution in [3.8, 4) is 0 Å². The second-order valence-electron chi connectivity index (χ2n) is 4.02. The Bertz CT molecular complexity index is 366. The molecule has 0 spiro atoms. The van der Waals surface area contributed by atoms with Gasteiger partial charge >= 0.3 is 0 Å². The van der Waals surface area contributed by atoms with Crippen LogP contribution < -0.4 is 10.6 Å². The molecule has 0 aromatic heterocycles. The molecular formula is C13H20N2O2. The van der Waals surface area contributed by atoms with E-state index in [9.17, 15) is 4.79 Å². The number of nitrogens with one attached hydrogen (secondary N) is 2. The maximum atomic E-state index is 11.7. The molecule has 0 aliphatic carbocycles. The lowest BCUT2D eigenvalue weighted by Gasteiger charge is -2.15. The highest BCUT2D eigenvalue weighted by Gasteiger charge is 2.11. The SMILES string of the molecule is COCCNC(=O)C(C)Nc1cccc(C)c1. The molecule has 4 nitrogen and oxygen atoms in total. The number of hydrogen-bond donors (Lipinski definition) is 2. The van der Waals surface area contributed by atoms with E-state index in [0.29, 0.717) is 13.2 Å². The maximum absolute atomic E-state index is 11.7. The van der Waals surface area contributed by atoms with Crippen molar-refractivity contribution in [3.63, 3.8) is 0 Å². The molecule has 0 radical (unpaired) electrons. The van der Waals surface area contributed by atoms with Crippen molar-refractivity contribution < 1.29 is 9.53 Å². The Kier molecular flexibility index (Phi) is 5.49. The van der Waals surface area contributed by atoms with E-state index in [1.54, 1.807) is 7.11 Å². The highest BCUT2D eigenvalue weighted by Crippen LogP contribution is 2.10. The minimum atomic E-state index is -0.256. The lowest BCUT2D eigenvalue weighted by Crippen LogP contribution is -2.39. The van der Waals surface area contributed by atoms with Crippen LogP contribution in [0, 0.1) is 6.92 Å². The van der Waals surface area contributed by atoms with E-state index in [-0.39, 0.29) is 11.9 Å². The number of amides is 1. The molecule has 1 unspecified atom stereocenters. The minimum absolute atomic E-state index is 0.0245. The quantitative estimate of drug-likeness (QED) is 0.737. The third kappa shape index (κ3) is 4.87. The Morgan fingerprint density at radius 2 is 2.24 bits per heavy atom. The number of carbonyl (C=O) groups excluding carboxylic acids is 1. The number of benzene rings is 1. The first-order valence-electron chi connectivity index (χ1n) is 5.73. The molecule has 0 saturated carbocycles. The zero-order valence-electron chi connectivity index (χ0n) is 10.6. The summed E-state index contributed by atoms with van der Waals surface area (Å²) in [5, 5.41) is 5.95. The Morgan fingerprint density at radius 3 is 2.88 bits per heavy atom. The minimum Gasteiger partial charge on any atom is -0.383 e. The highest BCUT2D eigenvalue weighted by molar-refractivity contribution is 5.84. The van der Waals surface area contributed by atoms with Crippen molar-refractivity contribution in [2.75, 3.05) is 25.6 Å². The van der Waals surface area contributed by atoms with Crippen LogP contribution in [-0.4, -0.2) is 32.2 Å². The molecule has 1 aromatic carbocycles. The number of methoxy groups -OCH3 is 1. The lowest BCUT2D eigenvalue weighted by molar-refractivity contribution is -0.121. The molecule has 0 aliphatic heterocycles. The molecular weight excluding hydrogens is 216 g/mol. The Balaban J connectivity index is 2.43. The number of rotatable bonds is 6. The van der Waals surface area contributed by atoms with Gasteiger partial charge in [-0.25, -0.2) is 0 Å². The molecule has 1 aromatic rings. The number of carbonyl (C=O) groups is 1. The zero-order valence-corrected chi connectivity index (χ0v) is 10.6. The van der Waals surface area contributed by atoms with Gasteiger partial charge in [0.25, 0.3) is 0 Å². The maximum Gasteiger partial charge on any atom is 0.242 e. The fourth-order valence-electron chi connectivity index (χ4n) is 1.48. The molecule has 0 heterocycles. The van der Waals surface area contributed by atoms with Crippen molar-refractivity contribution in [2.24, 2.45) is 0 Å². The van der Waals surface area contributed by atoms with Crippen LogP contribution in [0.3, 0.4) is 0 Å². The van der Waals surface area contributed by atoms with Crippen LogP contribution in [0.15, 0.2) is 24.3 Å². The normalized spacial score (nSPS) is 11.9. The second kappa shape index (κ2) is 6.91. The number of anilines is 1. The van der Waals surface area contributed by atoms with E-state index in [2.05, 4.69) is 10.6 Å². The van der Waals surface area contributed by atoms with E-state index >= 15 is 0 Å². The monoisotopic (exact) mass is 236 g/mol. The average Bonchev–Trinajstić information content (AvgIpc) is 2.29. The second-order valence-corrected chi connectivity index (χ2v) is 4.02. The van der Waals surface area contributed by atoms with E-state index in [1.165, 1.54) is 5.56 Å². The Morgan fingerprint density at radius 1 is 1.47 bits per heavy atom. The van der Waals surface area contributed by atoms with Gasteiger partial charge in [0.05, 0.1) is 6.61 Å². The standard InChI is InChI=1S/C13H20N2O2/c1-10-5-4-6-12(9-10)15-11(2)13(16)14-7-8-17-3/h4-6,9,11,15H,7-8H2,1-3H3,(H,14,16). The molecule has 17 heavy (non-hydrogen) atoms. The fourth-order valence-corrected chi connectivity index (χ4v) is 1.48. The molecule has 1 amide bonds. The highest BCUT2D eigenvalue weighted by atomic mass is 16.5. The molecule has 4 heteroatoms. The third-order valence-corrected chi connectivity index (χ3v) is 2.40. The average molecular weight is 236 g/mol. The summed E-state index contributed by atoms with van der Waals surface area (Å²) in [5.74, 6) is -0.0245. The summed E-state index contributed by atoms with van der Waals surface area (Å²) < 4.78 is 4.87. The van der Waals surface area contributed by atoms with Crippen LogP contribution in [0.4, 0.5) is 5.69 Å². The van der Waals surface area contributed by atoms with Gasteiger partial charge in [0, 0.05) is 19.3 Å². The van der Waals surface area contributed by atoms with Crippen molar-refractivity contribution in [1.82, 2.24) is 5.32 Å².